The minimum absolute atomic E-state index is 0.190. The molecule has 2 unspecified atom stereocenters. The highest BCUT2D eigenvalue weighted by Crippen LogP contribution is 2.27. The lowest BCUT2D eigenvalue weighted by atomic mass is 9.96. The van der Waals surface area contributed by atoms with Crippen molar-refractivity contribution in [1.82, 2.24) is 5.32 Å². The zero-order valence-electron chi connectivity index (χ0n) is 9.26. The van der Waals surface area contributed by atoms with Gasteiger partial charge in [-0.3, -0.25) is 0 Å². The lowest BCUT2D eigenvalue weighted by Crippen LogP contribution is -2.34. The van der Waals surface area contributed by atoms with Crippen molar-refractivity contribution in [1.29, 1.82) is 0 Å². The Hall–Kier alpha value is -0.960. The Balaban J connectivity index is 1.96. The fourth-order valence-corrected chi connectivity index (χ4v) is 2.23. The molecule has 0 radical (unpaired) electrons. The predicted molar refractivity (Wildman–Crippen MR) is 60.5 cm³/mol. The summed E-state index contributed by atoms with van der Waals surface area (Å²) in [6.07, 6.45) is 2.47. The van der Waals surface area contributed by atoms with Gasteiger partial charge in [0.25, 0.3) is 0 Å². The molecule has 0 bridgehead atoms. The Morgan fingerprint density at radius 1 is 1.31 bits per heavy atom. The molecule has 16 heavy (non-hydrogen) atoms. The molecule has 3 heteroatoms. The molecule has 1 aliphatic heterocycles. The fourth-order valence-electron chi connectivity index (χ4n) is 2.23. The molecule has 0 spiro atoms. The molecule has 1 nitrogen and oxygen atoms in total. The van der Waals surface area contributed by atoms with Gasteiger partial charge in [-0.1, -0.05) is 24.6 Å². The maximum Gasteiger partial charge on any atom is 0.129 e. The summed E-state index contributed by atoms with van der Waals surface area (Å²) in [4.78, 5) is 0. The molecule has 1 aliphatic rings. The highest BCUT2D eigenvalue weighted by atomic mass is 19.1. The SMILES string of the molecule is Fc1ccccc1C(F)CC1CCCCN1. The maximum absolute atomic E-state index is 13.9. The minimum atomic E-state index is -1.20. The van der Waals surface area contributed by atoms with E-state index in [1.54, 1.807) is 12.1 Å². The Morgan fingerprint density at radius 3 is 2.81 bits per heavy atom. The summed E-state index contributed by atoms with van der Waals surface area (Å²) in [5, 5.41) is 3.28. The van der Waals surface area contributed by atoms with Crippen molar-refractivity contribution in [2.75, 3.05) is 6.54 Å². The number of hydrogen-bond acceptors (Lipinski definition) is 1. The van der Waals surface area contributed by atoms with Crippen molar-refractivity contribution in [3.63, 3.8) is 0 Å². The average Bonchev–Trinajstić information content (AvgIpc) is 2.31. The van der Waals surface area contributed by atoms with Crippen molar-refractivity contribution in [3.8, 4) is 0 Å². The van der Waals surface area contributed by atoms with Gasteiger partial charge in [0, 0.05) is 11.6 Å². The monoisotopic (exact) mass is 225 g/mol. The van der Waals surface area contributed by atoms with E-state index in [4.69, 9.17) is 0 Å². The van der Waals surface area contributed by atoms with E-state index in [0.29, 0.717) is 6.42 Å². The summed E-state index contributed by atoms with van der Waals surface area (Å²) in [6, 6.07) is 6.31. The topological polar surface area (TPSA) is 12.0 Å². The van der Waals surface area contributed by atoms with E-state index in [-0.39, 0.29) is 11.6 Å². The van der Waals surface area contributed by atoms with Gasteiger partial charge in [-0.25, -0.2) is 8.78 Å². The van der Waals surface area contributed by atoms with Gasteiger partial charge in [0.15, 0.2) is 0 Å². The molecule has 0 aromatic heterocycles. The van der Waals surface area contributed by atoms with Crippen LogP contribution in [0, 0.1) is 5.82 Å². The molecule has 1 aromatic rings. The third kappa shape index (κ3) is 2.79. The van der Waals surface area contributed by atoms with Crippen LogP contribution in [0.2, 0.25) is 0 Å². The van der Waals surface area contributed by atoms with Crippen LogP contribution in [0.3, 0.4) is 0 Å². The largest absolute Gasteiger partial charge is 0.314 e. The van der Waals surface area contributed by atoms with E-state index in [9.17, 15) is 8.78 Å². The molecule has 1 aromatic carbocycles. The first kappa shape index (κ1) is 11.5. The zero-order chi connectivity index (χ0) is 11.4. The molecular weight excluding hydrogens is 208 g/mol. The molecule has 1 saturated heterocycles. The Bertz CT molecular complexity index is 334. The second-order valence-electron chi connectivity index (χ2n) is 4.37. The number of halogens is 2. The number of piperidine rings is 1. The van der Waals surface area contributed by atoms with Crippen LogP contribution in [-0.4, -0.2) is 12.6 Å². The van der Waals surface area contributed by atoms with E-state index >= 15 is 0 Å². The van der Waals surface area contributed by atoms with Crippen LogP contribution in [0.15, 0.2) is 24.3 Å². The molecule has 1 fully saturated rings. The molecule has 1 N–H and O–H groups in total. The van der Waals surface area contributed by atoms with Crippen LogP contribution in [-0.2, 0) is 0 Å². The summed E-state index contributed by atoms with van der Waals surface area (Å²) in [7, 11) is 0. The smallest absolute Gasteiger partial charge is 0.129 e. The van der Waals surface area contributed by atoms with Gasteiger partial charge in [-0.15, -0.1) is 0 Å². The van der Waals surface area contributed by atoms with Crippen molar-refractivity contribution in [3.05, 3.63) is 35.6 Å². The molecule has 88 valence electrons. The van der Waals surface area contributed by atoms with Crippen LogP contribution in [0.25, 0.3) is 0 Å². The highest BCUT2D eigenvalue weighted by molar-refractivity contribution is 5.20. The summed E-state index contributed by atoms with van der Waals surface area (Å²) < 4.78 is 27.2. The lowest BCUT2D eigenvalue weighted by molar-refractivity contribution is 0.255. The summed E-state index contributed by atoms with van der Waals surface area (Å²) in [5.74, 6) is -0.439. The standard InChI is InChI=1S/C13H17F2N/c14-12-7-2-1-6-11(12)13(15)9-10-5-3-4-8-16-10/h1-2,6-7,10,13,16H,3-5,8-9H2. The highest BCUT2D eigenvalue weighted by Gasteiger charge is 2.21. The van der Waals surface area contributed by atoms with Crippen molar-refractivity contribution in [2.24, 2.45) is 0 Å². The van der Waals surface area contributed by atoms with E-state index in [0.717, 1.165) is 25.8 Å². The number of nitrogens with one attached hydrogen (secondary N) is 1. The minimum Gasteiger partial charge on any atom is -0.314 e. The maximum atomic E-state index is 13.9. The third-order valence-corrected chi connectivity index (χ3v) is 3.15. The number of alkyl halides is 1. The van der Waals surface area contributed by atoms with E-state index in [1.807, 2.05) is 0 Å². The van der Waals surface area contributed by atoms with Crippen LogP contribution >= 0.6 is 0 Å². The van der Waals surface area contributed by atoms with Crippen LogP contribution in [0.1, 0.15) is 37.4 Å². The summed E-state index contributed by atoms with van der Waals surface area (Å²) in [6.45, 7) is 0.953. The van der Waals surface area contributed by atoms with Gasteiger partial charge in [0.1, 0.15) is 12.0 Å². The van der Waals surface area contributed by atoms with Crippen molar-refractivity contribution < 1.29 is 8.78 Å². The quantitative estimate of drug-likeness (QED) is 0.831. The second kappa shape index (κ2) is 5.39. The van der Waals surface area contributed by atoms with Crippen LogP contribution in [0.5, 0.6) is 0 Å². The third-order valence-electron chi connectivity index (χ3n) is 3.15. The molecule has 1 heterocycles. The number of benzene rings is 1. The Morgan fingerprint density at radius 2 is 2.12 bits per heavy atom. The predicted octanol–water partition coefficient (Wildman–Crippen LogP) is 3.37. The van der Waals surface area contributed by atoms with Crippen molar-refractivity contribution >= 4 is 0 Å². The Kier molecular flexibility index (Phi) is 3.88. The van der Waals surface area contributed by atoms with Crippen molar-refractivity contribution in [2.45, 2.75) is 37.9 Å². The Labute approximate surface area is 94.9 Å². The van der Waals surface area contributed by atoms with E-state index < -0.39 is 12.0 Å². The van der Waals surface area contributed by atoms with Gasteiger partial charge in [-0.2, -0.15) is 0 Å². The first-order chi connectivity index (χ1) is 7.77. The summed E-state index contributed by atoms with van der Waals surface area (Å²) >= 11 is 0. The van der Waals surface area contributed by atoms with Gasteiger partial charge in [0.05, 0.1) is 0 Å². The molecule has 2 atom stereocenters. The molecule has 2 rings (SSSR count). The first-order valence-electron chi connectivity index (χ1n) is 5.89. The molecular formula is C13H17F2N. The zero-order valence-corrected chi connectivity index (χ0v) is 9.26. The lowest BCUT2D eigenvalue weighted by Gasteiger charge is -2.25. The number of hydrogen-bond donors (Lipinski definition) is 1. The summed E-state index contributed by atoms with van der Waals surface area (Å²) in [5.41, 5.74) is 0.190. The molecule has 0 saturated carbocycles. The van der Waals surface area contributed by atoms with Crippen LogP contribution in [0.4, 0.5) is 8.78 Å². The van der Waals surface area contributed by atoms with E-state index in [2.05, 4.69) is 5.32 Å². The van der Waals surface area contributed by atoms with Gasteiger partial charge < -0.3 is 5.32 Å². The fraction of sp³-hybridized carbons (Fsp3) is 0.538. The van der Waals surface area contributed by atoms with Gasteiger partial charge in [0.2, 0.25) is 0 Å². The van der Waals surface area contributed by atoms with E-state index in [1.165, 1.54) is 12.1 Å². The number of rotatable bonds is 3. The average molecular weight is 225 g/mol. The normalized spacial score (nSPS) is 23.0. The second-order valence-corrected chi connectivity index (χ2v) is 4.37. The molecule has 0 aliphatic carbocycles. The van der Waals surface area contributed by atoms with Crippen LogP contribution < -0.4 is 5.32 Å². The molecule has 0 amide bonds. The van der Waals surface area contributed by atoms with Gasteiger partial charge >= 0.3 is 0 Å². The first-order valence-corrected chi connectivity index (χ1v) is 5.89. The van der Waals surface area contributed by atoms with Gasteiger partial charge in [-0.05, 0) is 31.9 Å².